The summed E-state index contributed by atoms with van der Waals surface area (Å²) >= 11 is 5.67. The number of hydrogen-bond acceptors (Lipinski definition) is 3. The molecule has 0 unspecified atom stereocenters. The molecule has 0 atom stereocenters. The van der Waals surface area contributed by atoms with E-state index in [1.165, 1.54) is 0 Å². The lowest BCUT2D eigenvalue weighted by molar-refractivity contribution is 0.553. The molecule has 1 heterocycles. The molecule has 0 radical (unpaired) electrons. The van der Waals surface area contributed by atoms with Crippen molar-refractivity contribution in [1.82, 2.24) is 14.5 Å². The average molecular weight is 252 g/mol. The standard InChI is InChI=1S/C8H14ClN3O2S/c1-2-15(13,14)11-4-3-5-12-7-8(9)6-10-12/h6-7,11H,2-5H2,1H3. The maximum atomic E-state index is 11.1. The monoisotopic (exact) mass is 251 g/mol. The fraction of sp³-hybridized carbons (Fsp3) is 0.625. The highest BCUT2D eigenvalue weighted by molar-refractivity contribution is 7.89. The van der Waals surface area contributed by atoms with Crippen LogP contribution in [0.15, 0.2) is 12.4 Å². The maximum absolute atomic E-state index is 11.1. The molecule has 15 heavy (non-hydrogen) atoms. The molecule has 1 N–H and O–H groups in total. The Kier molecular flexibility index (Phi) is 4.56. The molecule has 0 saturated carbocycles. The van der Waals surface area contributed by atoms with Gasteiger partial charge in [-0.1, -0.05) is 11.6 Å². The first-order chi connectivity index (χ1) is 7.03. The van der Waals surface area contributed by atoms with E-state index in [-0.39, 0.29) is 5.75 Å². The van der Waals surface area contributed by atoms with Gasteiger partial charge in [-0.2, -0.15) is 5.10 Å². The Balaban J connectivity index is 2.23. The summed E-state index contributed by atoms with van der Waals surface area (Å²) in [4.78, 5) is 0. The van der Waals surface area contributed by atoms with Crippen LogP contribution in [-0.2, 0) is 16.6 Å². The van der Waals surface area contributed by atoms with Crippen LogP contribution < -0.4 is 4.72 Å². The minimum absolute atomic E-state index is 0.112. The van der Waals surface area contributed by atoms with Crippen molar-refractivity contribution in [3.63, 3.8) is 0 Å². The normalized spacial score (nSPS) is 11.9. The highest BCUT2D eigenvalue weighted by Gasteiger charge is 2.04. The van der Waals surface area contributed by atoms with E-state index in [9.17, 15) is 8.42 Å². The third kappa shape index (κ3) is 4.63. The first-order valence-corrected chi connectivity index (χ1v) is 6.72. The molecular weight excluding hydrogens is 238 g/mol. The molecule has 5 nitrogen and oxygen atoms in total. The third-order valence-corrected chi connectivity index (χ3v) is 3.47. The molecule has 1 rings (SSSR count). The topological polar surface area (TPSA) is 64.0 Å². The lowest BCUT2D eigenvalue weighted by atomic mass is 10.4. The van der Waals surface area contributed by atoms with Crippen molar-refractivity contribution in [3.8, 4) is 0 Å². The van der Waals surface area contributed by atoms with Gasteiger partial charge in [0.1, 0.15) is 0 Å². The summed E-state index contributed by atoms with van der Waals surface area (Å²) in [5, 5.41) is 4.56. The minimum atomic E-state index is -3.07. The van der Waals surface area contributed by atoms with E-state index in [0.717, 1.165) is 0 Å². The molecule has 0 aromatic carbocycles. The summed E-state index contributed by atoms with van der Waals surface area (Å²) in [7, 11) is -3.07. The number of aromatic nitrogens is 2. The van der Waals surface area contributed by atoms with E-state index >= 15 is 0 Å². The third-order valence-electron chi connectivity index (χ3n) is 1.87. The van der Waals surface area contributed by atoms with Crippen LogP contribution in [0.1, 0.15) is 13.3 Å². The Morgan fingerprint density at radius 3 is 2.87 bits per heavy atom. The van der Waals surface area contributed by atoms with Gasteiger partial charge in [0, 0.05) is 19.3 Å². The molecule has 7 heteroatoms. The Bertz CT molecular complexity index is 402. The Morgan fingerprint density at radius 2 is 2.33 bits per heavy atom. The molecule has 0 fully saturated rings. The molecule has 0 spiro atoms. The predicted molar refractivity (Wildman–Crippen MR) is 59.3 cm³/mol. The van der Waals surface area contributed by atoms with Crippen LogP contribution in [0.3, 0.4) is 0 Å². The van der Waals surface area contributed by atoms with Crippen molar-refractivity contribution < 1.29 is 8.42 Å². The first kappa shape index (κ1) is 12.5. The first-order valence-electron chi connectivity index (χ1n) is 4.69. The van der Waals surface area contributed by atoms with Crippen molar-refractivity contribution in [2.24, 2.45) is 0 Å². The summed E-state index contributed by atoms with van der Waals surface area (Å²) in [6.45, 7) is 2.68. The molecule has 0 amide bonds. The number of rotatable bonds is 6. The molecular formula is C8H14ClN3O2S. The van der Waals surface area contributed by atoms with E-state index in [1.807, 2.05) is 0 Å². The summed E-state index contributed by atoms with van der Waals surface area (Å²) in [5.41, 5.74) is 0. The van der Waals surface area contributed by atoms with Gasteiger partial charge in [-0.3, -0.25) is 4.68 Å². The van der Waals surface area contributed by atoms with Gasteiger partial charge in [0.25, 0.3) is 0 Å². The second kappa shape index (κ2) is 5.48. The summed E-state index contributed by atoms with van der Waals surface area (Å²) in [6.07, 6.45) is 3.95. The average Bonchev–Trinajstić information content (AvgIpc) is 2.59. The number of halogens is 1. The van der Waals surface area contributed by atoms with Gasteiger partial charge < -0.3 is 0 Å². The number of aryl methyl sites for hydroxylation is 1. The molecule has 1 aromatic rings. The fourth-order valence-corrected chi connectivity index (χ4v) is 1.85. The van der Waals surface area contributed by atoms with Crippen molar-refractivity contribution >= 4 is 21.6 Å². The van der Waals surface area contributed by atoms with E-state index in [1.54, 1.807) is 24.0 Å². The van der Waals surface area contributed by atoms with Crippen LogP contribution in [0, 0.1) is 0 Å². The van der Waals surface area contributed by atoms with Crippen LogP contribution in [-0.4, -0.2) is 30.5 Å². The lowest BCUT2D eigenvalue weighted by Gasteiger charge is -2.04. The molecule has 0 saturated heterocycles. The molecule has 86 valence electrons. The number of sulfonamides is 1. The molecule has 0 aliphatic carbocycles. The second-order valence-electron chi connectivity index (χ2n) is 3.07. The van der Waals surface area contributed by atoms with E-state index < -0.39 is 10.0 Å². The van der Waals surface area contributed by atoms with Crippen molar-refractivity contribution in [2.75, 3.05) is 12.3 Å². The smallest absolute Gasteiger partial charge is 0.211 e. The van der Waals surface area contributed by atoms with Gasteiger partial charge in [0.15, 0.2) is 0 Å². The number of nitrogens with one attached hydrogen (secondary N) is 1. The minimum Gasteiger partial charge on any atom is -0.271 e. The maximum Gasteiger partial charge on any atom is 0.211 e. The summed E-state index contributed by atoms with van der Waals surface area (Å²) in [6, 6.07) is 0. The van der Waals surface area contributed by atoms with Gasteiger partial charge in [-0.05, 0) is 13.3 Å². The van der Waals surface area contributed by atoms with Gasteiger partial charge in [-0.25, -0.2) is 13.1 Å². The largest absolute Gasteiger partial charge is 0.271 e. The van der Waals surface area contributed by atoms with Crippen molar-refractivity contribution in [2.45, 2.75) is 19.9 Å². The lowest BCUT2D eigenvalue weighted by Crippen LogP contribution is -2.26. The highest BCUT2D eigenvalue weighted by atomic mass is 35.5. The summed E-state index contributed by atoms with van der Waals surface area (Å²) in [5.74, 6) is 0.112. The zero-order valence-electron chi connectivity index (χ0n) is 8.48. The van der Waals surface area contributed by atoms with Crippen molar-refractivity contribution in [1.29, 1.82) is 0 Å². The van der Waals surface area contributed by atoms with Gasteiger partial charge in [0.05, 0.1) is 17.0 Å². The fourth-order valence-electron chi connectivity index (χ4n) is 1.03. The van der Waals surface area contributed by atoms with E-state index in [0.29, 0.717) is 24.5 Å². The van der Waals surface area contributed by atoms with Gasteiger partial charge >= 0.3 is 0 Å². The highest BCUT2D eigenvalue weighted by Crippen LogP contribution is 2.04. The Hall–Kier alpha value is -0.590. The predicted octanol–water partition coefficient (Wildman–Crippen LogP) is 0.866. The number of nitrogens with zero attached hydrogens (tertiary/aromatic N) is 2. The molecule has 1 aromatic heterocycles. The van der Waals surface area contributed by atoms with Crippen molar-refractivity contribution in [3.05, 3.63) is 17.4 Å². The SMILES string of the molecule is CCS(=O)(=O)NCCCn1cc(Cl)cn1. The van der Waals surface area contributed by atoms with Gasteiger partial charge in [0.2, 0.25) is 10.0 Å². The van der Waals surface area contributed by atoms with Gasteiger partial charge in [-0.15, -0.1) is 0 Å². The van der Waals surface area contributed by atoms with E-state index in [4.69, 9.17) is 11.6 Å². The number of hydrogen-bond donors (Lipinski definition) is 1. The molecule has 0 aliphatic heterocycles. The second-order valence-corrected chi connectivity index (χ2v) is 5.60. The quantitative estimate of drug-likeness (QED) is 0.763. The van der Waals surface area contributed by atoms with Crippen LogP contribution in [0.5, 0.6) is 0 Å². The Labute approximate surface area is 94.5 Å². The van der Waals surface area contributed by atoms with E-state index in [2.05, 4.69) is 9.82 Å². The molecule has 0 bridgehead atoms. The van der Waals surface area contributed by atoms with Crippen LogP contribution in [0.2, 0.25) is 5.02 Å². The summed E-state index contributed by atoms with van der Waals surface area (Å²) < 4.78 is 26.3. The Morgan fingerprint density at radius 1 is 1.60 bits per heavy atom. The van der Waals surface area contributed by atoms with Crippen LogP contribution in [0.25, 0.3) is 0 Å². The zero-order valence-corrected chi connectivity index (χ0v) is 10.1. The van der Waals surface area contributed by atoms with Crippen LogP contribution in [0.4, 0.5) is 0 Å². The molecule has 0 aliphatic rings. The zero-order chi connectivity index (χ0) is 11.3. The van der Waals surface area contributed by atoms with Crippen LogP contribution >= 0.6 is 11.6 Å².